The van der Waals surface area contributed by atoms with Crippen LogP contribution in [-0.4, -0.2) is 27.5 Å². The Kier molecular flexibility index (Phi) is 2.49. The lowest BCUT2D eigenvalue weighted by Crippen LogP contribution is -2.25. The lowest BCUT2D eigenvalue weighted by atomic mass is 10.3. The highest BCUT2D eigenvalue weighted by atomic mass is 33.1. The SMILES string of the molecule is O[C@H]1CCSS[C@@H]1O. The van der Waals surface area contributed by atoms with E-state index < -0.39 is 11.5 Å². The molecule has 2 nitrogen and oxygen atoms in total. The molecule has 1 fully saturated rings. The van der Waals surface area contributed by atoms with Crippen molar-refractivity contribution in [2.24, 2.45) is 0 Å². The van der Waals surface area contributed by atoms with Gasteiger partial charge in [0.15, 0.2) is 0 Å². The summed E-state index contributed by atoms with van der Waals surface area (Å²) in [7, 11) is 2.96. The summed E-state index contributed by atoms with van der Waals surface area (Å²) in [6.07, 6.45) is 0.222. The second-order valence-electron chi connectivity index (χ2n) is 1.66. The van der Waals surface area contributed by atoms with Gasteiger partial charge < -0.3 is 10.2 Å². The van der Waals surface area contributed by atoms with E-state index in [2.05, 4.69) is 0 Å². The van der Waals surface area contributed by atoms with Crippen molar-refractivity contribution in [3.63, 3.8) is 0 Å². The van der Waals surface area contributed by atoms with E-state index in [1.165, 1.54) is 10.8 Å². The molecule has 1 rings (SSSR count). The second kappa shape index (κ2) is 2.96. The van der Waals surface area contributed by atoms with Crippen LogP contribution < -0.4 is 0 Å². The van der Waals surface area contributed by atoms with Crippen LogP contribution in [0, 0.1) is 0 Å². The molecule has 1 aliphatic rings. The fraction of sp³-hybridized carbons (Fsp3) is 1.00. The van der Waals surface area contributed by atoms with Crippen LogP contribution in [0.15, 0.2) is 0 Å². The first-order chi connectivity index (χ1) is 3.80. The van der Waals surface area contributed by atoms with Crippen molar-refractivity contribution in [3.8, 4) is 0 Å². The van der Waals surface area contributed by atoms with Gasteiger partial charge in [-0.2, -0.15) is 0 Å². The van der Waals surface area contributed by atoms with Gasteiger partial charge in [-0.05, 0) is 6.42 Å². The summed E-state index contributed by atoms with van der Waals surface area (Å²) in [4.78, 5) is 0. The molecule has 0 radical (unpaired) electrons. The summed E-state index contributed by atoms with van der Waals surface area (Å²) in [5.41, 5.74) is -0.561. The molecule has 0 aromatic heterocycles. The van der Waals surface area contributed by atoms with Gasteiger partial charge in [-0.3, -0.25) is 0 Å². The fourth-order valence-electron chi connectivity index (χ4n) is 0.493. The van der Waals surface area contributed by atoms with E-state index in [-0.39, 0.29) is 0 Å². The molecule has 0 unspecified atom stereocenters. The standard InChI is InChI=1S/C4H8O2S2/c5-3-1-2-7-8-4(3)6/h3-6H,1-2H2/t3-,4-/m0/s1. The molecule has 1 aliphatic heterocycles. The second-order valence-corrected chi connectivity index (χ2v) is 4.27. The Morgan fingerprint density at radius 3 is 2.50 bits per heavy atom. The summed E-state index contributed by atoms with van der Waals surface area (Å²) in [5.74, 6) is 0.947. The van der Waals surface area contributed by atoms with Crippen molar-refractivity contribution in [1.82, 2.24) is 0 Å². The highest BCUT2D eigenvalue weighted by Gasteiger charge is 2.20. The molecule has 8 heavy (non-hydrogen) atoms. The normalized spacial score (nSPS) is 39.8. The minimum Gasteiger partial charge on any atom is -0.389 e. The zero-order chi connectivity index (χ0) is 5.98. The third-order valence-corrected chi connectivity index (χ3v) is 3.54. The lowest BCUT2D eigenvalue weighted by Gasteiger charge is -2.20. The molecular weight excluding hydrogens is 144 g/mol. The van der Waals surface area contributed by atoms with E-state index in [0.717, 1.165) is 12.2 Å². The van der Waals surface area contributed by atoms with E-state index >= 15 is 0 Å². The Bertz CT molecular complexity index is 68.4. The molecular formula is C4H8O2S2. The van der Waals surface area contributed by atoms with Crippen molar-refractivity contribution in [2.75, 3.05) is 5.75 Å². The molecule has 0 saturated carbocycles. The molecule has 0 bridgehead atoms. The molecule has 0 aromatic rings. The molecule has 1 saturated heterocycles. The fourth-order valence-corrected chi connectivity index (χ4v) is 2.71. The molecule has 1 heterocycles. The minimum absolute atomic E-state index is 0.499. The topological polar surface area (TPSA) is 40.5 Å². The van der Waals surface area contributed by atoms with Gasteiger partial charge >= 0.3 is 0 Å². The van der Waals surface area contributed by atoms with E-state index in [4.69, 9.17) is 10.2 Å². The van der Waals surface area contributed by atoms with E-state index in [1.807, 2.05) is 0 Å². The molecule has 2 N–H and O–H groups in total. The van der Waals surface area contributed by atoms with Gasteiger partial charge in [-0.1, -0.05) is 21.6 Å². The lowest BCUT2D eigenvalue weighted by molar-refractivity contribution is 0.0714. The van der Waals surface area contributed by atoms with Crippen LogP contribution >= 0.6 is 21.6 Å². The maximum Gasteiger partial charge on any atom is 0.135 e. The maximum atomic E-state index is 8.89. The van der Waals surface area contributed by atoms with Crippen LogP contribution in [0.4, 0.5) is 0 Å². The maximum absolute atomic E-state index is 8.89. The largest absolute Gasteiger partial charge is 0.389 e. The Labute approximate surface area is 56.1 Å². The highest BCUT2D eigenvalue weighted by molar-refractivity contribution is 8.77. The summed E-state index contributed by atoms with van der Waals surface area (Å²) in [5, 5.41) is 17.8. The molecule has 48 valence electrons. The number of hydrogen-bond acceptors (Lipinski definition) is 4. The highest BCUT2D eigenvalue weighted by Crippen LogP contribution is 2.33. The Morgan fingerprint density at radius 2 is 2.12 bits per heavy atom. The van der Waals surface area contributed by atoms with Crippen molar-refractivity contribution in [3.05, 3.63) is 0 Å². The smallest absolute Gasteiger partial charge is 0.135 e. The predicted octanol–water partition coefficient (Wildman–Crippen LogP) is 0.451. The van der Waals surface area contributed by atoms with Gasteiger partial charge in [0.05, 0.1) is 6.10 Å². The first-order valence-corrected chi connectivity index (χ1v) is 4.83. The number of aliphatic hydroxyl groups is 2. The average Bonchev–Trinajstić information content (AvgIpc) is 1.77. The molecule has 0 amide bonds. The number of rotatable bonds is 0. The zero-order valence-electron chi connectivity index (χ0n) is 4.28. The third kappa shape index (κ3) is 1.55. The van der Waals surface area contributed by atoms with E-state index in [1.54, 1.807) is 10.8 Å². The van der Waals surface area contributed by atoms with Crippen molar-refractivity contribution >= 4 is 21.6 Å². The molecule has 2 atom stereocenters. The van der Waals surface area contributed by atoms with Gasteiger partial charge in [-0.15, -0.1) is 0 Å². The monoisotopic (exact) mass is 152 g/mol. The van der Waals surface area contributed by atoms with Crippen LogP contribution in [-0.2, 0) is 0 Å². The summed E-state index contributed by atoms with van der Waals surface area (Å²) < 4.78 is 0. The molecule has 0 spiro atoms. The van der Waals surface area contributed by atoms with Gasteiger partial charge in [0.25, 0.3) is 0 Å². The Hall–Kier alpha value is 0.620. The van der Waals surface area contributed by atoms with Crippen LogP contribution in [0.25, 0.3) is 0 Å². The van der Waals surface area contributed by atoms with Crippen LogP contribution in [0.1, 0.15) is 6.42 Å². The van der Waals surface area contributed by atoms with Gasteiger partial charge in [-0.25, -0.2) is 0 Å². The number of hydrogen-bond donors (Lipinski definition) is 2. The molecule has 4 heteroatoms. The van der Waals surface area contributed by atoms with Crippen molar-refractivity contribution < 1.29 is 10.2 Å². The van der Waals surface area contributed by atoms with Crippen LogP contribution in [0.2, 0.25) is 0 Å². The first kappa shape index (κ1) is 6.74. The average molecular weight is 152 g/mol. The number of aliphatic hydroxyl groups excluding tert-OH is 2. The van der Waals surface area contributed by atoms with Gasteiger partial charge in [0.2, 0.25) is 0 Å². The van der Waals surface area contributed by atoms with Gasteiger partial charge in [0.1, 0.15) is 5.44 Å². The Balaban J connectivity index is 2.28. The minimum atomic E-state index is -0.561. The van der Waals surface area contributed by atoms with E-state index in [9.17, 15) is 0 Å². The summed E-state index contributed by atoms with van der Waals surface area (Å²) in [6, 6.07) is 0. The first-order valence-electron chi connectivity index (χ1n) is 2.45. The molecule has 0 aromatic carbocycles. The Morgan fingerprint density at radius 1 is 1.38 bits per heavy atom. The van der Waals surface area contributed by atoms with Gasteiger partial charge in [0, 0.05) is 5.75 Å². The third-order valence-electron chi connectivity index (χ3n) is 0.993. The van der Waals surface area contributed by atoms with E-state index in [0.29, 0.717) is 0 Å². The van der Waals surface area contributed by atoms with Crippen molar-refractivity contribution in [1.29, 1.82) is 0 Å². The molecule has 0 aliphatic carbocycles. The zero-order valence-corrected chi connectivity index (χ0v) is 5.91. The summed E-state index contributed by atoms with van der Waals surface area (Å²) in [6.45, 7) is 0. The predicted molar refractivity (Wildman–Crippen MR) is 36.7 cm³/mol. The van der Waals surface area contributed by atoms with Crippen molar-refractivity contribution in [2.45, 2.75) is 18.0 Å². The quantitative estimate of drug-likeness (QED) is 0.494. The van der Waals surface area contributed by atoms with Crippen LogP contribution in [0.5, 0.6) is 0 Å². The summed E-state index contributed by atoms with van der Waals surface area (Å²) >= 11 is 0. The van der Waals surface area contributed by atoms with Crippen LogP contribution in [0.3, 0.4) is 0 Å².